The number of hydrogen-bond donors (Lipinski definition) is 2. The van der Waals surface area contributed by atoms with E-state index >= 15 is 0 Å². The lowest BCUT2D eigenvalue weighted by atomic mass is 10.2. The number of phenolic OH excluding ortho intramolecular Hbond substituents is 1. The summed E-state index contributed by atoms with van der Waals surface area (Å²) in [4.78, 5) is 0. The molecule has 0 heterocycles. The molecule has 0 amide bonds. The lowest BCUT2D eigenvalue weighted by molar-refractivity contribution is 0.411. The molecule has 0 atom stereocenters. The summed E-state index contributed by atoms with van der Waals surface area (Å²) in [5.74, 6) is 0.914. The van der Waals surface area contributed by atoms with E-state index in [2.05, 4.69) is 5.32 Å². The van der Waals surface area contributed by atoms with Crippen LogP contribution >= 0.6 is 23.2 Å². The van der Waals surface area contributed by atoms with Gasteiger partial charge < -0.3 is 15.2 Å². The fourth-order valence-corrected chi connectivity index (χ4v) is 1.93. The van der Waals surface area contributed by atoms with Crippen molar-refractivity contribution >= 4 is 28.9 Å². The van der Waals surface area contributed by atoms with Crippen molar-refractivity contribution in [2.24, 2.45) is 0 Å². The molecular formula is C14H13Cl2NO2. The molecule has 5 heteroatoms. The van der Waals surface area contributed by atoms with Crippen molar-refractivity contribution in [2.45, 2.75) is 6.54 Å². The number of phenols is 1. The van der Waals surface area contributed by atoms with E-state index in [1.54, 1.807) is 37.4 Å². The fourth-order valence-electron chi connectivity index (χ4n) is 1.63. The van der Waals surface area contributed by atoms with Crippen molar-refractivity contribution < 1.29 is 9.84 Å². The topological polar surface area (TPSA) is 41.5 Å². The van der Waals surface area contributed by atoms with Crippen LogP contribution in [-0.2, 0) is 6.54 Å². The quantitative estimate of drug-likeness (QED) is 0.883. The number of aromatic hydroxyl groups is 1. The molecular weight excluding hydrogens is 285 g/mol. The zero-order valence-electron chi connectivity index (χ0n) is 10.3. The fraction of sp³-hybridized carbons (Fsp3) is 0.143. The molecule has 0 saturated carbocycles. The summed E-state index contributed by atoms with van der Waals surface area (Å²) in [5.41, 5.74) is 1.57. The minimum Gasteiger partial charge on any atom is -0.508 e. The first-order valence-electron chi connectivity index (χ1n) is 5.65. The van der Waals surface area contributed by atoms with Crippen LogP contribution in [0, 0.1) is 0 Å². The molecule has 3 nitrogen and oxygen atoms in total. The molecule has 0 spiro atoms. The van der Waals surface area contributed by atoms with Crippen molar-refractivity contribution in [1.82, 2.24) is 0 Å². The van der Waals surface area contributed by atoms with Gasteiger partial charge in [-0.3, -0.25) is 0 Å². The normalized spacial score (nSPS) is 10.3. The Morgan fingerprint density at radius 1 is 1.11 bits per heavy atom. The Morgan fingerprint density at radius 3 is 2.58 bits per heavy atom. The van der Waals surface area contributed by atoms with Crippen LogP contribution in [0.4, 0.5) is 5.69 Å². The molecule has 19 heavy (non-hydrogen) atoms. The zero-order chi connectivity index (χ0) is 13.8. The van der Waals surface area contributed by atoms with Gasteiger partial charge in [0.2, 0.25) is 0 Å². The monoisotopic (exact) mass is 297 g/mol. The highest BCUT2D eigenvalue weighted by atomic mass is 35.5. The Bertz CT molecular complexity index is 588. The number of methoxy groups -OCH3 is 1. The standard InChI is InChI=1S/C14H13Cl2NO2/c1-19-11-3-5-14(18)9(6-11)8-17-10-2-4-12(15)13(16)7-10/h2-7,17-18H,8H2,1H3. The van der Waals surface area contributed by atoms with Crippen LogP contribution in [0.25, 0.3) is 0 Å². The van der Waals surface area contributed by atoms with Gasteiger partial charge in [0.25, 0.3) is 0 Å². The molecule has 0 radical (unpaired) electrons. The van der Waals surface area contributed by atoms with Gasteiger partial charge in [-0.2, -0.15) is 0 Å². The van der Waals surface area contributed by atoms with Crippen LogP contribution in [0.5, 0.6) is 11.5 Å². The van der Waals surface area contributed by atoms with Crippen LogP contribution in [0.3, 0.4) is 0 Å². The zero-order valence-corrected chi connectivity index (χ0v) is 11.8. The average Bonchev–Trinajstić information content (AvgIpc) is 2.41. The maximum absolute atomic E-state index is 9.76. The van der Waals surface area contributed by atoms with Gasteiger partial charge in [0, 0.05) is 17.8 Å². The van der Waals surface area contributed by atoms with Crippen LogP contribution in [0.1, 0.15) is 5.56 Å². The molecule has 2 aromatic rings. The number of anilines is 1. The van der Waals surface area contributed by atoms with Crippen molar-refractivity contribution in [3.05, 3.63) is 52.0 Å². The van der Waals surface area contributed by atoms with Gasteiger partial charge in [0.15, 0.2) is 0 Å². The lowest BCUT2D eigenvalue weighted by Crippen LogP contribution is -2.00. The summed E-state index contributed by atoms with van der Waals surface area (Å²) in [5, 5.41) is 13.9. The van der Waals surface area contributed by atoms with E-state index in [0.717, 1.165) is 11.3 Å². The lowest BCUT2D eigenvalue weighted by Gasteiger charge is -2.10. The average molecular weight is 298 g/mol. The van der Waals surface area contributed by atoms with Gasteiger partial charge in [-0.25, -0.2) is 0 Å². The second-order valence-corrected chi connectivity index (χ2v) is 4.79. The van der Waals surface area contributed by atoms with Crippen LogP contribution in [0.2, 0.25) is 10.0 Å². The summed E-state index contributed by atoms with van der Waals surface area (Å²) in [6.07, 6.45) is 0. The van der Waals surface area contributed by atoms with E-state index < -0.39 is 0 Å². The number of benzene rings is 2. The first kappa shape index (κ1) is 13.8. The van der Waals surface area contributed by atoms with Crippen molar-refractivity contribution in [1.29, 1.82) is 0 Å². The summed E-state index contributed by atoms with van der Waals surface area (Å²) >= 11 is 11.8. The first-order valence-corrected chi connectivity index (χ1v) is 6.40. The predicted molar refractivity (Wildman–Crippen MR) is 78.4 cm³/mol. The molecule has 0 bridgehead atoms. The molecule has 2 aromatic carbocycles. The second kappa shape index (κ2) is 6.04. The van der Waals surface area contributed by atoms with E-state index in [-0.39, 0.29) is 5.75 Å². The summed E-state index contributed by atoms with van der Waals surface area (Å²) in [6, 6.07) is 10.4. The SMILES string of the molecule is COc1ccc(O)c(CNc2ccc(Cl)c(Cl)c2)c1. The third-order valence-electron chi connectivity index (χ3n) is 2.69. The van der Waals surface area contributed by atoms with E-state index in [1.807, 2.05) is 6.07 Å². The van der Waals surface area contributed by atoms with E-state index in [9.17, 15) is 5.11 Å². The summed E-state index contributed by atoms with van der Waals surface area (Å²) < 4.78 is 5.12. The molecule has 100 valence electrons. The number of hydrogen-bond acceptors (Lipinski definition) is 3. The molecule has 0 aromatic heterocycles. The minimum atomic E-state index is 0.216. The van der Waals surface area contributed by atoms with Crippen LogP contribution in [-0.4, -0.2) is 12.2 Å². The highest BCUT2D eigenvalue weighted by Crippen LogP contribution is 2.27. The van der Waals surface area contributed by atoms with Gasteiger partial charge in [-0.05, 0) is 36.4 Å². The highest BCUT2D eigenvalue weighted by Gasteiger charge is 2.04. The Balaban J connectivity index is 2.11. The van der Waals surface area contributed by atoms with Crippen molar-refractivity contribution in [2.75, 3.05) is 12.4 Å². The van der Waals surface area contributed by atoms with Crippen LogP contribution < -0.4 is 10.1 Å². The predicted octanol–water partition coefficient (Wildman–Crippen LogP) is 4.32. The molecule has 0 unspecified atom stereocenters. The maximum Gasteiger partial charge on any atom is 0.120 e. The summed E-state index contributed by atoms with van der Waals surface area (Å²) in [7, 11) is 1.59. The third-order valence-corrected chi connectivity index (χ3v) is 3.43. The molecule has 2 N–H and O–H groups in total. The van der Waals surface area contributed by atoms with Gasteiger partial charge in [-0.1, -0.05) is 23.2 Å². The maximum atomic E-state index is 9.76. The Labute approximate surface area is 121 Å². The number of ether oxygens (including phenoxy) is 1. The largest absolute Gasteiger partial charge is 0.508 e. The van der Waals surface area contributed by atoms with E-state index in [1.165, 1.54) is 0 Å². The Morgan fingerprint density at radius 2 is 1.89 bits per heavy atom. The summed E-state index contributed by atoms with van der Waals surface area (Å²) in [6.45, 7) is 0.459. The third kappa shape index (κ3) is 3.46. The number of rotatable bonds is 4. The molecule has 2 rings (SSSR count). The van der Waals surface area contributed by atoms with Gasteiger partial charge in [-0.15, -0.1) is 0 Å². The molecule has 0 aliphatic heterocycles. The van der Waals surface area contributed by atoms with Gasteiger partial charge in [0.05, 0.1) is 17.2 Å². The van der Waals surface area contributed by atoms with Crippen molar-refractivity contribution in [3.8, 4) is 11.5 Å². The van der Waals surface area contributed by atoms with Gasteiger partial charge in [0.1, 0.15) is 11.5 Å². The van der Waals surface area contributed by atoms with Crippen LogP contribution in [0.15, 0.2) is 36.4 Å². The second-order valence-electron chi connectivity index (χ2n) is 3.98. The smallest absolute Gasteiger partial charge is 0.120 e. The van der Waals surface area contributed by atoms with Crippen molar-refractivity contribution in [3.63, 3.8) is 0 Å². The van der Waals surface area contributed by atoms with E-state index in [0.29, 0.717) is 22.3 Å². The Hall–Kier alpha value is -1.58. The van der Waals surface area contributed by atoms with Gasteiger partial charge >= 0.3 is 0 Å². The first-order chi connectivity index (χ1) is 9.10. The highest BCUT2D eigenvalue weighted by molar-refractivity contribution is 6.42. The van der Waals surface area contributed by atoms with E-state index in [4.69, 9.17) is 27.9 Å². The Kier molecular flexibility index (Phi) is 4.40. The molecule has 0 saturated heterocycles. The minimum absolute atomic E-state index is 0.216. The number of halogens is 2. The molecule has 0 aliphatic carbocycles. The molecule has 0 fully saturated rings. The molecule has 0 aliphatic rings. The number of nitrogens with one attached hydrogen (secondary N) is 1.